The molecule has 1 unspecified atom stereocenters. The monoisotopic (exact) mass is 410 g/mol. The summed E-state index contributed by atoms with van der Waals surface area (Å²) in [7, 11) is 0. The highest BCUT2D eigenvalue weighted by Crippen LogP contribution is 2.35. The maximum absolute atomic E-state index is 13.1. The van der Waals surface area contributed by atoms with Crippen molar-refractivity contribution < 1.29 is 0 Å². The van der Waals surface area contributed by atoms with Crippen LogP contribution in [-0.2, 0) is 0 Å². The van der Waals surface area contributed by atoms with Crippen molar-refractivity contribution in [2.24, 2.45) is 5.73 Å². The second kappa shape index (κ2) is 7.51. The molecule has 5 nitrogen and oxygen atoms in total. The molecule has 0 radical (unpaired) electrons. The summed E-state index contributed by atoms with van der Waals surface area (Å²) in [6.07, 6.45) is 1.79. The minimum atomic E-state index is -0.593. The van der Waals surface area contributed by atoms with Crippen LogP contribution in [0.25, 0.3) is 17.5 Å². The van der Waals surface area contributed by atoms with Crippen LogP contribution in [0.5, 0.6) is 0 Å². The lowest BCUT2D eigenvalue weighted by Crippen LogP contribution is -2.38. The Bertz CT molecular complexity index is 1470. The predicted octanol–water partition coefficient (Wildman–Crippen LogP) is 2.48. The maximum atomic E-state index is 13.1. The number of aromatic nitrogens is 1. The molecule has 0 saturated carbocycles. The fourth-order valence-electron chi connectivity index (χ4n) is 3.75. The molecule has 4 rings (SSSR count). The first-order valence-electron chi connectivity index (χ1n) is 9.36. The molecule has 0 spiro atoms. The normalized spacial score (nSPS) is 16.2. The summed E-state index contributed by atoms with van der Waals surface area (Å²) < 4.78 is 2.24. The standard InChI is InChI=1S/C24H18N4OS/c1-14-5-3-7-16(9-14)11-20-23(29)28-22(27)18(12-25)21(19(13-26)24(28)30-20)17-8-4-6-15(2)10-17/h3-11,21H,27H2,1-2H3/b20-11-. The van der Waals surface area contributed by atoms with E-state index in [0.717, 1.165) is 22.3 Å². The number of rotatable bonds is 2. The third-order valence-electron chi connectivity index (χ3n) is 5.10. The van der Waals surface area contributed by atoms with Crippen LogP contribution in [0.2, 0.25) is 0 Å². The number of hydrogen-bond acceptors (Lipinski definition) is 5. The Labute approximate surface area is 177 Å². The molecule has 0 aliphatic carbocycles. The van der Waals surface area contributed by atoms with Crippen molar-refractivity contribution in [2.75, 3.05) is 0 Å². The molecule has 0 fully saturated rings. The quantitative estimate of drug-likeness (QED) is 0.702. The Hall–Kier alpha value is -3.87. The molecular formula is C24H18N4OS. The Morgan fingerprint density at radius 1 is 1.03 bits per heavy atom. The lowest BCUT2D eigenvalue weighted by Gasteiger charge is -2.22. The van der Waals surface area contributed by atoms with Crippen molar-refractivity contribution in [3.05, 3.63) is 95.9 Å². The third-order valence-corrected chi connectivity index (χ3v) is 6.21. The zero-order valence-corrected chi connectivity index (χ0v) is 17.3. The van der Waals surface area contributed by atoms with Crippen LogP contribution in [0.1, 0.15) is 28.2 Å². The van der Waals surface area contributed by atoms with Crippen molar-refractivity contribution in [3.63, 3.8) is 0 Å². The number of nitrogens with two attached hydrogens (primary N) is 1. The van der Waals surface area contributed by atoms with E-state index in [4.69, 9.17) is 5.73 Å². The van der Waals surface area contributed by atoms with Crippen LogP contribution in [0.3, 0.4) is 0 Å². The van der Waals surface area contributed by atoms with Gasteiger partial charge < -0.3 is 5.73 Å². The van der Waals surface area contributed by atoms with E-state index in [-0.39, 0.29) is 17.0 Å². The molecule has 30 heavy (non-hydrogen) atoms. The van der Waals surface area contributed by atoms with E-state index in [1.807, 2.05) is 62.4 Å². The first-order chi connectivity index (χ1) is 14.4. The topological polar surface area (TPSA) is 95.6 Å². The number of fused-ring (bicyclic) bond motifs is 1. The van der Waals surface area contributed by atoms with Gasteiger partial charge in [0.05, 0.1) is 33.7 Å². The molecule has 3 aromatic rings. The SMILES string of the molecule is Cc1cccc(/C=c2\sc3n(c2=O)C(N)=C(C#N)C(c2cccc(C)c2)C=3C#N)c1. The molecule has 0 bridgehead atoms. The third kappa shape index (κ3) is 3.14. The molecule has 146 valence electrons. The highest BCUT2D eigenvalue weighted by molar-refractivity contribution is 7.07. The van der Waals surface area contributed by atoms with Crippen LogP contribution in [0.15, 0.2) is 58.9 Å². The van der Waals surface area contributed by atoms with E-state index >= 15 is 0 Å². The molecule has 2 N–H and O–H groups in total. The Morgan fingerprint density at radius 2 is 1.70 bits per heavy atom. The summed E-state index contributed by atoms with van der Waals surface area (Å²) in [5.74, 6) is -0.507. The fourth-order valence-corrected chi connectivity index (χ4v) is 4.87. The minimum absolute atomic E-state index is 0.0862. The zero-order chi connectivity index (χ0) is 21.4. The average Bonchev–Trinajstić information content (AvgIpc) is 3.04. The molecule has 2 aromatic carbocycles. The summed E-state index contributed by atoms with van der Waals surface area (Å²) in [5, 5.41) is 19.8. The number of nitrogens with zero attached hydrogens (tertiary/aromatic N) is 3. The number of allylic oxidation sites excluding steroid dienone is 1. The number of thiazole rings is 1. The second-order valence-corrected chi connectivity index (χ2v) is 8.28. The van der Waals surface area contributed by atoms with E-state index in [9.17, 15) is 15.3 Å². The van der Waals surface area contributed by atoms with Gasteiger partial charge in [-0.2, -0.15) is 10.5 Å². The van der Waals surface area contributed by atoms with Crippen LogP contribution in [-0.4, -0.2) is 4.57 Å². The molecule has 0 amide bonds. The van der Waals surface area contributed by atoms with Crippen LogP contribution >= 0.6 is 11.3 Å². The van der Waals surface area contributed by atoms with E-state index in [1.165, 1.54) is 15.9 Å². The van der Waals surface area contributed by atoms with Gasteiger partial charge in [0.2, 0.25) is 0 Å². The molecule has 1 atom stereocenters. The number of benzene rings is 2. The highest BCUT2D eigenvalue weighted by atomic mass is 32.1. The van der Waals surface area contributed by atoms with Crippen molar-refractivity contribution in [2.45, 2.75) is 19.8 Å². The molecule has 1 aliphatic rings. The van der Waals surface area contributed by atoms with Gasteiger partial charge in [-0.15, -0.1) is 11.3 Å². The fraction of sp³-hybridized carbons (Fsp3) is 0.125. The van der Waals surface area contributed by atoms with Gasteiger partial charge in [0, 0.05) is 0 Å². The lowest BCUT2D eigenvalue weighted by atomic mass is 9.84. The molecule has 1 aliphatic heterocycles. The molecular weight excluding hydrogens is 392 g/mol. The molecule has 2 heterocycles. The lowest BCUT2D eigenvalue weighted by molar-refractivity contribution is 0.905. The number of hydrogen-bond donors (Lipinski definition) is 1. The highest BCUT2D eigenvalue weighted by Gasteiger charge is 2.32. The average molecular weight is 411 g/mol. The number of nitriles is 2. The summed E-state index contributed by atoms with van der Waals surface area (Å²) in [4.78, 5) is 13.1. The Morgan fingerprint density at radius 3 is 2.33 bits per heavy atom. The first kappa shape index (κ1) is 19.4. The van der Waals surface area contributed by atoms with Gasteiger partial charge in [0.1, 0.15) is 10.5 Å². The van der Waals surface area contributed by atoms with Gasteiger partial charge in [-0.05, 0) is 31.1 Å². The van der Waals surface area contributed by atoms with Gasteiger partial charge >= 0.3 is 0 Å². The van der Waals surface area contributed by atoms with Gasteiger partial charge in [0.15, 0.2) is 0 Å². The summed E-state index contributed by atoms with van der Waals surface area (Å²) in [6.45, 7) is 3.94. The van der Waals surface area contributed by atoms with Gasteiger partial charge in [-0.3, -0.25) is 9.36 Å². The van der Waals surface area contributed by atoms with Crippen molar-refractivity contribution in [1.82, 2.24) is 4.57 Å². The van der Waals surface area contributed by atoms with E-state index in [0.29, 0.717) is 14.8 Å². The van der Waals surface area contributed by atoms with E-state index < -0.39 is 5.92 Å². The largest absolute Gasteiger partial charge is 0.384 e. The Balaban J connectivity index is 2.07. The van der Waals surface area contributed by atoms with Crippen molar-refractivity contribution >= 4 is 28.8 Å². The van der Waals surface area contributed by atoms with Crippen LogP contribution in [0.4, 0.5) is 0 Å². The molecule has 0 saturated heterocycles. The molecule has 6 heteroatoms. The maximum Gasteiger partial charge on any atom is 0.274 e. The van der Waals surface area contributed by atoms with Gasteiger partial charge in [0.25, 0.3) is 5.56 Å². The number of aryl methyl sites for hydroxylation is 2. The summed E-state index contributed by atoms with van der Waals surface area (Å²) >= 11 is 1.23. The Kier molecular flexibility index (Phi) is 4.87. The van der Waals surface area contributed by atoms with Crippen LogP contribution in [0, 0.1) is 36.5 Å². The van der Waals surface area contributed by atoms with Crippen LogP contribution < -0.4 is 20.5 Å². The second-order valence-electron chi connectivity index (χ2n) is 7.25. The first-order valence-corrected chi connectivity index (χ1v) is 10.2. The minimum Gasteiger partial charge on any atom is -0.384 e. The predicted molar refractivity (Wildman–Crippen MR) is 119 cm³/mol. The summed E-state index contributed by atoms with van der Waals surface area (Å²) in [5.41, 5.74) is 10.4. The molecule has 1 aromatic heterocycles. The summed E-state index contributed by atoms with van der Waals surface area (Å²) in [6, 6.07) is 19.8. The van der Waals surface area contributed by atoms with E-state index in [1.54, 1.807) is 6.08 Å². The van der Waals surface area contributed by atoms with E-state index in [2.05, 4.69) is 12.1 Å². The van der Waals surface area contributed by atoms with Gasteiger partial charge in [-0.25, -0.2) is 0 Å². The zero-order valence-electron chi connectivity index (χ0n) is 16.5. The van der Waals surface area contributed by atoms with Gasteiger partial charge in [-0.1, -0.05) is 59.7 Å². The smallest absolute Gasteiger partial charge is 0.274 e. The van der Waals surface area contributed by atoms with Crippen molar-refractivity contribution in [1.29, 1.82) is 10.5 Å². The van der Waals surface area contributed by atoms with Crippen molar-refractivity contribution in [3.8, 4) is 12.1 Å².